The summed E-state index contributed by atoms with van der Waals surface area (Å²) in [6, 6.07) is 7.28. The van der Waals surface area contributed by atoms with E-state index in [0.29, 0.717) is 28.6 Å². The van der Waals surface area contributed by atoms with Crippen molar-refractivity contribution in [3.05, 3.63) is 46.5 Å². The number of pyridine rings is 1. The highest BCUT2D eigenvalue weighted by atomic mass is 32.2. The molecule has 1 amide bonds. The van der Waals surface area contributed by atoms with E-state index in [1.807, 2.05) is 19.1 Å². The topological polar surface area (TPSA) is 80.5 Å². The van der Waals surface area contributed by atoms with Crippen molar-refractivity contribution in [3.8, 4) is 0 Å². The van der Waals surface area contributed by atoms with E-state index in [0.717, 1.165) is 17.2 Å². The third kappa shape index (κ3) is 3.49. The largest absolute Gasteiger partial charge is 0.284 e. The van der Waals surface area contributed by atoms with Crippen LogP contribution < -0.4 is 10.5 Å². The number of hydrogen-bond acceptors (Lipinski definition) is 7. The first-order valence-electron chi connectivity index (χ1n) is 8.41. The minimum atomic E-state index is -0.0994. The van der Waals surface area contributed by atoms with Gasteiger partial charge in [0.2, 0.25) is 11.0 Å². The number of amides is 1. The maximum Gasteiger partial charge on any atom is 0.258 e. The first-order valence-corrected chi connectivity index (χ1v) is 10.2. The zero-order chi connectivity index (χ0) is 18.1. The monoisotopic (exact) mass is 387 g/mol. The van der Waals surface area contributed by atoms with Crippen LogP contribution in [0.1, 0.15) is 31.9 Å². The van der Waals surface area contributed by atoms with Gasteiger partial charge >= 0.3 is 0 Å². The molecule has 0 saturated heterocycles. The highest BCUT2D eigenvalue weighted by Crippen LogP contribution is 2.36. The number of nitrogens with zero attached hydrogens (tertiary/aromatic N) is 5. The van der Waals surface area contributed by atoms with E-state index >= 15 is 0 Å². The molecule has 0 aliphatic heterocycles. The maximum atomic E-state index is 12.2. The van der Waals surface area contributed by atoms with Crippen molar-refractivity contribution in [2.24, 2.45) is 0 Å². The lowest BCUT2D eigenvalue weighted by molar-refractivity contribution is -0.118. The number of thioether (sulfide) groups is 1. The summed E-state index contributed by atoms with van der Waals surface area (Å²) >= 11 is 2.89. The summed E-state index contributed by atoms with van der Waals surface area (Å²) < 4.78 is 2.28. The molecule has 0 spiro atoms. The normalized spacial score (nSPS) is 13.9. The first kappa shape index (κ1) is 17.2. The predicted octanol–water partition coefficient (Wildman–Crippen LogP) is 2.74. The van der Waals surface area contributed by atoms with Crippen molar-refractivity contribution < 1.29 is 4.79 Å². The van der Waals surface area contributed by atoms with Crippen LogP contribution in [0.15, 0.2) is 39.6 Å². The molecule has 134 valence electrons. The van der Waals surface area contributed by atoms with Crippen molar-refractivity contribution in [3.63, 3.8) is 0 Å². The van der Waals surface area contributed by atoms with E-state index < -0.39 is 0 Å². The summed E-state index contributed by atoms with van der Waals surface area (Å²) in [5.41, 5.74) is 1.23. The van der Waals surface area contributed by atoms with Gasteiger partial charge in [0.05, 0.1) is 5.69 Å². The lowest BCUT2D eigenvalue weighted by atomic mass is 10.4. The van der Waals surface area contributed by atoms with Gasteiger partial charge in [-0.1, -0.05) is 36.1 Å². The van der Waals surface area contributed by atoms with Gasteiger partial charge in [-0.3, -0.25) is 18.9 Å². The average Bonchev–Trinajstić information content (AvgIpc) is 3.37. The quantitative estimate of drug-likeness (QED) is 0.478. The van der Waals surface area contributed by atoms with Gasteiger partial charge in [0.15, 0.2) is 4.34 Å². The molecule has 1 fully saturated rings. The van der Waals surface area contributed by atoms with E-state index in [9.17, 15) is 9.59 Å². The molecule has 0 N–H and O–H groups in total. The molecular weight excluding hydrogens is 370 g/mol. The molecule has 0 unspecified atom stereocenters. The number of carbonyl (C=O) groups excluding carboxylic acids is 1. The average molecular weight is 387 g/mol. The summed E-state index contributed by atoms with van der Waals surface area (Å²) in [6.07, 6.45) is 4.22. The molecule has 1 aliphatic rings. The Morgan fingerprint density at radius 2 is 2.23 bits per heavy atom. The summed E-state index contributed by atoms with van der Waals surface area (Å²) in [5.74, 6) is 0.616. The van der Waals surface area contributed by atoms with E-state index in [4.69, 9.17) is 0 Å². The predicted molar refractivity (Wildman–Crippen MR) is 102 cm³/mol. The van der Waals surface area contributed by atoms with Crippen LogP contribution in [-0.4, -0.2) is 31.5 Å². The van der Waals surface area contributed by atoms with Gasteiger partial charge < -0.3 is 0 Å². The van der Waals surface area contributed by atoms with Crippen LogP contribution in [0.2, 0.25) is 0 Å². The van der Waals surface area contributed by atoms with Gasteiger partial charge in [0.1, 0.15) is 5.65 Å². The lowest BCUT2D eigenvalue weighted by Crippen LogP contribution is -2.32. The highest BCUT2D eigenvalue weighted by Gasteiger charge is 2.35. The van der Waals surface area contributed by atoms with Crippen LogP contribution in [0, 0.1) is 0 Å². The van der Waals surface area contributed by atoms with Gasteiger partial charge in [-0.25, -0.2) is 4.98 Å². The van der Waals surface area contributed by atoms with Crippen molar-refractivity contribution in [1.29, 1.82) is 0 Å². The number of anilines is 1. The minimum absolute atomic E-state index is 0.0874. The number of aromatic nitrogens is 4. The van der Waals surface area contributed by atoms with Crippen LogP contribution in [0.3, 0.4) is 0 Å². The van der Waals surface area contributed by atoms with Crippen LogP contribution in [0.4, 0.5) is 5.13 Å². The van der Waals surface area contributed by atoms with Crippen LogP contribution >= 0.6 is 23.1 Å². The Kier molecular flexibility index (Phi) is 4.73. The molecule has 3 aromatic heterocycles. The Balaban J connectivity index is 1.50. The van der Waals surface area contributed by atoms with Crippen molar-refractivity contribution in [2.75, 3.05) is 4.90 Å². The standard InChI is InChI=1S/C17H17N5O2S2/c1-2-14(23)22(12-6-7-12)16-19-20-17(26-16)25-10-11-9-15(24)21-8-4-3-5-13(21)18-11/h3-5,8-9,12H,2,6-7,10H2,1H3. The van der Waals surface area contributed by atoms with E-state index in [-0.39, 0.29) is 17.5 Å². The molecule has 3 heterocycles. The number of hydrogen-bond donors (Lipinski definition) is 0. The lowest BCUT2D eigenvalue weighted by Gasteiger charge is -2.17. The molecule has 26 heavy (non-hydrogen) atoms. The van der Waals surface area contributed by atoms with Crippen molar-refractivity contribution in [1.82, 2.24) is 19.6 Å². The van der Waals surface area contributed by atoms with Crippen LogP contribution in [0.5, 0.6) is 0 Å². The van der Waals surface area contributed by atoms with Gasteiger partial charge in [-0.05, 0) is 25.0 Å². The number of carbonyl (C=O) groups is 1. The Morgan fingerprint density at radius 1 is 1.38 bits per heavy atom. The Labute approximate surface area is 158 Å². The molecule has 0 aromatic carbocycles. The Bertz CT molecular complexity index is 1010. The fourth-order valence-electron chi connectivity index (χ4n) is 2.64. The van der Waals surface area contributed by atoms with Crippen LogP contribution in [-0.2, 0) is 10.5 Å². The summed E-state index contributed by atoms with van der Waals surface area (Å²) in [4.78, 5) is 30.6. The molecule has 0 atom stereocenters. The SMILES string of the molecule is CCC(=O)N(c1nnc(SCc2cc(=O)n3ccccc3n2)s1)C1CC1. The molecule has 7 nitrogen and oxygen atoms in total. The third-order valence-electron chi connectivity index (χ3n) is 4.05. The van der Waals surface area contributed by atoms with Gasteiger partial charge in [0.25, 0.3) is 5.56 Å². The second kappa shape index (κ2) is 7.16. The fourth-order valence-corrected chi connectivity index (χ4v) is 4.46. The summed E-state index contributed by atoms with van der Waals surface area (Å²) in [5, 5.41) is 9.04. The second-order valence-corrected chi connectivity index (χ2v) is 8.18. The number of rotatable bonds is 6. The smallest absolute Gasteiger partial charge is 0.258 e. The fraction of sp³-hybridized carbons (Fsp3) is 0.353. The van der Waals surface area contributed by atoms with Gasteiger partial charge in [0, 0.05) is 30.5 Å². The van der Waals surface area contributed by atoms with E-state index in [1.54, 1.807) is 23.2 Å². The summed E-state index contributed by atoms with van der Waals surface area (Å²) in [7, 11) is 0. The highest BCUT2D eigenvalue weighted by molar-refractivity contribution is 8.00. The molecule has 4 rings (SSSR count). The van der Waals surface area contributed by atoms with Crippen molar-refractivity contribution in [2.45, 2.75) is 42.3 Å². The van der Waals surface area contributed by atoms with Crippen LogP contribution in [0.25, 0.3) is 5.65 Å². The molecule has 0 radical (unpaired) electrons. The zero-order valence-corrected chi connectivity index (χ0v) is 15.8. The van der Waals surface area contributed by atoms with Crippen molar-refractivity contribution >= 4 is 39.8 Å². The molecule has 1 saturated carbocycles. The van der Waals surface area contributed by atoms with E-state index in [2.05, 4.69) is 15.2 Å². The summed E-state index contributed by atoms with van der Waals surface area (Å²) in [6.45, 7) is 1.86. The van der Waals surface area contributed by atoms with Gasteiger partial charge in [-0.15, -0.1) is 10.2 Å². The maximum absolute atomic E-state index is 12.2. The molecule has 1 aliphatic carbocycles. The Hall–Kier alpha value is -2.26. The number of fused-ring (bicyclic) bond motifs is 1. The third-order valence-corrected chi connectivity index (χ3v) is 6.14. The molecule has 0 bridgehead atoms. The second-order valence-electron chi connectivity index (χ2n) is 6.00. The zero-order valence-electron chi connectivity index (χ0n) is 14.2. The molecule has 9 heteroatoms. The van der Waals surface area contributed by atoms with E-state index in [1.165, 1.54) is 27.5 Å². The Morgan fingerprint density at radius 3 is 3.00 bits per heavy atom. The minimum Gasteiger partial charge on any atom is -0.284 e. The molecular formula is C17H17N5O2S2. The molecule has 3 aromatic rings. The first-order chi connectivity index (χ1) is 12.7. The van der Waals surface area contributed by atoms with Gasteiger partial charge in [-0.2, -0.15) is 0 Å².